The molecule has 0 atom stereocenters. The highest BCUT2D eigenvalue weighted by molar-refractivity contribution is 7.16. The number of nitrogens with one attached hydrogen (secondary N) is 1. The van der Waals surface area contributed by atoms with Gasteiger partial charge in [0.15, 0.2) is 5.13 Å². The molecule has 0 aliphatic rings. The largest absolute Gasteiger partial charge is 0.349 e. The Bertz CT molecular complexity index is 373. The summed E-state index contributed by atoms with van der Waals surface area (Å²) in [7, 11) is 0. The smallest absolute Gasteiger partial charge is 0.185 e. The van der Waals surface area contributed by atoms with Gasteiger partial charge in [0.05, 0.1) is 0 Å². The molecule has 0 aromatic carbocycles. The number of thiazole rings is 1. The van der Waals surface area contributed by atoms with Crippen molar-refractivity contribution in [3.05, 3.63) is 17.2 Å². The second kappa shape index (κ2) is 6.90. The molecule has 1 rings (SSSR count). The maximum absolute atomic E-state index is 4.46. The van der Waals surface area contributed by atoms with Crippen molar-refractivity contribution in [2.24, 2.45) is 0 Å². The van der Waals surface area contributed by atoms with Crippen LogP contribution < -0.4 is 10.2 Å². The lowest BCUT2D eigenvalue weighted by Crippen LogP contribution is -2.35. The molecule has 102 valence electrons. The molecule has 0 unspecified atom stereocenters. The molecule has 0 radical (unpaired) electrons. The number of nitrogens with zero attached hydrogens (tertiary/aromatic N) is 2. The van der Waals surface area contributed by atoms with Gasteiger partial charge in [-0.3, -0.25) is 0 Å². The monoisotopic (exact) mass is 267 g/mol. The average Bonchev–Trinajstić information content (AvgIpc) is 2.74. The fourth-order valence-corrected chi connectivity index (χ4v) is 2.51. The molecule has 0 aliphatic carbocycles. The third-order valence-electron chi connectivity index (χ3n) is 2.58. The summed E-state index contributed by atoms with van der Waals surface area (Å²) >= 11 is 1.75. The molecule has 0 saturated carbocycles. The van der Waals surface area contributed by atoms with Gasteiger partial charge in [0, 0.05) is 36.2 Å². The van der Waals surface area contributed by atoms with Crippen molar-refractivity contribution in [2.75, 3.05) is 24.5 Å². The summed E-state index contributed by atoms with van der Waals surface area (Å²) < 4.78 is 0. The molecule has 0 bridgehead atoms. The Labute approximate surface area is 115 Å². The van der Waals surface area contributed by atoms with Crippen molar-refractivity contribution < 1.29 is 0 Å². The van der Waals surface area contributed by atoms with Crippen molar-refractivity contribution in [3.8, 4) is 0 Å². The maximum Gasteiger partial charge on any atom is 0.185 e. The van der Waals surface area contributed by atoms with Gasteiger partial charge in [-0.2, -0.15) is 0 Å². The van der Waals surface area contributed by atoms with E-state index in [4.69, 9.17) is 0 Å². The van der Waals surface area contributed by atoms with Crippen LogP contribution >= 0.6 is 11.3 Å². The topological polar surface area (TPSA) is 28.2 Å². The van der Waals surface area contributed by atoms with Crippen molar-refractivity contribution >= 4 is 22.5 Å². The molecule has 1 heterocycles. The Balaban J connectivity index is 2.51. The predicted molar refractivity (Wildman–Crippen MR) is 82.5 cm³/mol. The molecule has 0 fully saturated rings. The summed E-state index contributed by atoms with van der Waals surface area (Å²) in [6, 6.07) is 0. The molecule has 1 N–H and O–H groups in total. The zero-order valence-electron chi connectivity index (χ0n) is 12.2. The van der Waals surface area contributed by atoms with Gasteiger partial charge in [0.25, 0.3) is 0 Å². The van der Waals surface area contributed by atoms with Gasteiger partial charge in [0.1, 0.15) is 0 Å². The van der Waals surface area contributed by atoms with Gasteiger partial charge in [-0.15, -0.1) is 0 Å². The Morgan fingerprint density at radius 1 is 1.33 bits per heavy atom. The molecule has 18 heavy (non-hydrogen) atoms. The number of hydrogen-bond donors (Lipinski definition) is 1. The van der Waals surface area contributed by atoms with E-state index in [1.165, 1.54) is 4.88 Å². The van der Waals surface area contributed by atoms with E-state index in [0.717, 1.165) is 24.8 Å². The van der Waals surface area contributed by atoms with Crippen LogP contribution in [-0.2, 0) is 0 Å². The minimum Gasteiger partial charge on any atom is -0.349 e. The van der Waals surface area contributed by atoms with Crippen LogP contribution in [0.5, 0.6) is 0 Å². The first kappa shape index (κ1) is 15.2. The fraction of sp³-hybridized carbons (Fsp3) is 0.643. The number of anilines is 1. The van der Waals surface area contributed by atoms with E-state index >= 15 is 0 Å². The predicted octanol–water partition coefficient (Wildman–Crippen LogP) is 3.39. The summed E-state index contributed by atoms with van der Waals surface area (Å²) in [5.74, 6) is 0. The lowest BCUT2D eigenvalue weighted by atomic mass is 10.1. The average molecular weight is 267 g/mol. The van der Waals surface area contributed by atoms with E-state index in [9.17, 15) is 0 Å². The van der Waals surface area contributed by atoms with Crippen LogP contribution in [0, 0.1) is 0 Å². The lowest BCUT2D eigenvalue weighted by molar-refractivity contribution is 0.450. The third-order valence-corrected chi connectivity index (χ3v) is 3.60. The van der Waals surface area contributed by atoms with E-state index < -0.39 is 0 Å². The Morgan fingerprint density at radius 2 is 2.00 bits per heavy atom. The molecular weight excluding hydrogens is 242 g/mol. The van der Waals surface area contributed by atoms with E-state index in [2.05, 4.69) is 62.0 Å². The number of rotatable bonds is 6. The SMILES string of the molecule is CCN(CC)c1ncc(C=CCNC(C)(C)C)s1. The second-order valence-corrected chi connectivity index (χ2v) is 6.29. The zero-order valence-corrected chi connectivity index (χ0v) is 13.0. The first-order valence-electron chi connectivity index (χ1n) is 6.58. The highest BCUT2D eigenvalue weighted by atomic mass is 32.1. The lowest BCUT2D eigenvalue weighted by Gasteiger charge is -2.18. The molecule has 0 amide bonds. The zero-order chi connectivity index (χ0) is 13.6. The summed E-state index contributed by atoms with van der Waals surface area (Å²) in [4.78, 5) is 7.95. The molecule has 0 aliphatic heterocycles. The van der Waals surface area contributed by atoms with E-state index in [1.54, 1.807) is 11.3 Å². The summed E-state index contributed by atoms with van der Waals surface area (Å²) in [5, 5.41) is 4.55. The van der Waals surface area contributed by atoms with Gasteiger partial charge in [-0.1, -0.05) is 17.4 Å². The van der Waals surface area contributed by atoms with Crippen LogP contribution in [-0.4, -0.2) is 30.2 Å². The van der Waals surface area contributed by atoms with Crippen LogP contribution in [0.1, 0.15) is 39.5 Å². The van der Waals surface area contributed by atoms with Crippen molar-refractivity contribution in [1.82, 2.24) is 10.3 Å². The van der Waals surface area contributed by atoms with Crippen LogP contribution in [0.25, 0.3) is 6.08 Å². The Kier molecular flexibility index (Phi) is 5.82. The Morgan fingerprint density at radius 3 is 2.56 bits per heavy atom. The summed E-state index contributed by atoms with van der Waals surface area (Å²) in [6.45, 7) is 13.8. The van der Waals surface area contributed by atoms with Crippen molar-refractivity contribution in [2.45, 2.75) is 40.2 Å². The minimum atomic E-state index is 0.171. The molecule has 4 heteroatoms. The van der Waals surface area contributed by atoms with Gasteiger partial charge in [0.2, 0.25) is 0 Å². The normalized spacial score (nSPS) is 12.3. The molecule has 0 spiro atoms. The first-order valence-corrected chi connectivity index (χ1v) is 7.40. The fourth-order valence-electron chi connectivity index (χ4n) is 1.53. The molecular formula is C14H25N3S. The third kappa shape index (κ3) is 5.19. The molecule has 0 saturated heterocycles. The Hall–Kier alpha value is -0.870. The minimum absolute atomic E-state index is 0.171. The quantitative estimate of drug-likeness (QED) is 0.856. The second-order valence-electron chi connectivity index (χ2n) is 5.25. The van der Waals surface area contributed by atoms with Crippen LogP contribution in [0.4, 0.5) is 5.13 Å². The van der Waals surface area contributed by atoms with Crippen LogP contribution in [0.3, 0.4) is 0 Å². The highest BCUT2D eigenvalue weighted by Crippen LogP contribution is 2.23. The maximum atomic E-state index is 4.46. The van der Waals surface area contributed by atoms with Crippen LogP contribution in [0.2, 0.25) is 0 Å². The molecule has 3 nitrogen and oxygen atoms in total. The molecule has 1 aromatic heterocycles. The van der Waals surface area contributed by atoms with Crippen molar-refractivity contribution in [3.63, 3.8) is 0 Å². The standard InChI is InChI=1S/C14H25N3S/c1-6-17(7-2)13-15-11-12(18-13)9-8-10-16-14(3,4)5/h8-9,11,16H,6-7,10H2,1-5H3. The summed E-state index contributed by atoms with van der Waals surface area (Å²) in [6.07, 6.45) is 6.25. The number of aromatic nitrogens is 1. The number of hydrogen-bond acceptors (Lipinski definition) is 4. The highest BCUT2D eigenvalue weighted by Gasteiger charge is 2.07. The van der Waals surface area contributed by atoms with Gasteiger partial charge >= 0.3 is 0 Å². The van der Waals surface area contributed by atoms with E-state index in [1.807, 2.05) is 6.20 Å². The van der Waals surface area contributed by atoms with Gasteiger partial charge in [-0.25, -0.2) is 4.98 Å². The van der Waals surface area contributed by atoms with Crippen LogP contribution in [0.15, 0.2) is 12.3 Å². The van der Waals surface area contributed by atoms with E-state index in [0.29, 0.717) is 0 Å². The van der Waals surface area contributed by atoms with Crippen molar-refractivity contribution in [1.29, 1.82) is 0 Å². The molecule has 1 aromatic rings. The van der Waals surface area contributed by atoms with Gasteiger partial charge < -0.3 is 10.2 Å². The summed E-state index contributed by atoms with van der Waals surface area (Å²) in [5.41, 5.74) is 0.171. The van der Waals surface area contributed by atoms with Gasteiger partial charge in [-0.05, 0) is 40.7 Å². The van der Waals surface area contributed by atoms with E-state index in [-0.39, 0.29) is 5.54 Å². The first-order chi connectivity index (χ1) is 8.46.